The Morgan fingerprint density at radius 1 is 1.12 bits per heavy atom. The van der Waals surface area contributed by atoms with E-state index in [0.29, 0.717) is 19.6 Å². The molecule has 0 saturated heterocycles. The van der Waals surface area contributed by atoms with Crippen molar-refractivity contribution in [1.82, 2.24) is 27.0 Å². The van der Waals surface area contributed by atoms with Crippen molar-refractivity contribution in [3.63, 3.8) is 0 Å². The number of hydrazine groups is 1. The number of rotatable bonds is 12. The van der Waals surface area contributed by atoms with Crippen LogP contribution in [0.3, 0.4) is 0 Å². The molecule has 9 nitrogen and oxygen atoms in total. The smallest absolute Gasteiger partial charge is 0.414 e. The maximum Gasteiger partial charge on any atom is 0.414 e. The Hall–Kier alpha value is -1.26. The second-order valence-electron chi connectivity index (χ2n) is 6.50. The van der Waals surface area contributed by atoms with Gasteiger partial charge in [0.1, 0.15) is 5.60 Å². The van der Waals surface area contributed by atoms with Gasteiger partial charge in [-0.05, 0) is 59.7 Å². The van der Waals surface area contributed by atoms with Crippen LogP contribution < -0.4 is 27.7 Å². The molecule has 2 amide bonds. The number of ether oxygens (including phenoxy) is 1. The van der Waals surface area contributed by atoms with E-state index in [2.05, 4.69) is 16.2 Å². The maximum atomic E-state index is 11.7. The van der Waals surface area contributed by atoms with Crippen molar-refractivity contribution in [1.29, 1.82) is 0 Å². The van der Waals surface area contributed by atoms with Crippen LogP contribution in [0.25, 0.3) is 0 Å². The molecule has 0 bridgehead atoms. The lowest BCUT2D eigenvalue weighted by Gasteiger charge is -2.21. The van der Waals surface area contributed by atoms with E-state index in [4.69, 9.17) is 16.3 Å². The summed E-state index contributed by atoms with van der Waals surface area (Å²) in [5.41, 5.74) is 7.08. The van der Waals surface area contributed by atoms with Crippen LogP contribution in [0.2, 0.25) is 0 Å². The highest BCUT2D eigenvalue weighted by molar-refractivity contribution is 5.91. The predicted molar refractivity (Wildman–Crippen MR) is 92.6 cm³/mol. The van der Waals surface area contributed by atoms with Crippen LogP contribution in [-0.4, -0.2) is 55.3 Å². The van der Waals surface area contributed by atoms with Crippen molar-refractivity contribution < 1.29 is 14.3 Å². The number of imide groups is 1. The Morgan fingerprint density at radius 3 is 2.38 bits per heavy atom. The summed E-state index contributed by atoms with van der Waals surface area (Å²) in [5, 5.41) is 7.10. The highest BCUT2D eigenvalue weighted by atomic mass is 16.6. The van der Waals surface area contributed by atoms with Crippen molar-refractivity contribution in [3.05, 3.63) is 0 Å². The number of nitrogens with one attached hydrogen (secondary N) is 4. The fourth-order valence-corrected chi connectivity index (χ4v) is 1.85. The third kappa shape index (κ3) is 14.3. The average molecular weight is 345 g/mol. The molecule has 141 valence electrons. The lowest BCUT2D eigenvalue weighted by molar-refractivity contribution is -0.121. The van der Waals surface area contributed by atoms with Gasteiger partial charge >= 0.3 is 6.09 Å². The predicted octanol–water partition coefficient (Wildman–Crippen LogP) is 0.151. The standard InChI is InChI=1S/C15H33N6O3/c1-15(2,3)24-14(23)19-13(22)7-12-21(20-17)11-6-10-18-9-5-4-8-16/h17-18,20H,4-12,16H2,1-3H3,(H,19,22,23). The summed E-state index contributed by atoms with van der Waals surface area (Å²) in [7, 11) is 0. The molecule has 0 aromatic heterocycles. The number of hydrogen-bond acceptors (Lipinski definition) is 7. The normalized spacial score (nSPS) is 11.6. The Bertz CT molecular complexity index is 360. The summed E-state index contributed by atoms with van der Waals surface area (Å²) in [6.07, 6.45) is 2.28. The molecule has 0 aliphatic heterocycles. The third-order valence-corrected chi connectivity index (χ3v) is 3.00. The van der Waals surface area contributed by atoms with Crippen molar-refractivity contribution in [2.45, 2.75) is 52.1 Å². The number of nitrogens with two attached hydrogens (primary N) is 1. The van der Waals surface area contributed by atoms with Crippen LogP contribution in [0, 0.1) is 0 Å². The van der Waals surface area contributed by atoms with Crippen molar-refractivity contribution >= 4 is 12.0 Å². The van der Waals surface area contributed by atoms with Gasteiger partial charge in [-0.25, -0.2) is 9.80 Å². The van der Waals surface area contributed by atoms with E-state index in [0.717, 1.165) is 32.4 Å². The minimum absolute atomic E-state index is 0.106. The summed E-state index contributed by atoms with van der Waals surface area (Å²) >= 11 is 0. The molecular formula is C15H33N6O3. The van der Waals surface area contributed by atoms with E-state index in [9.17, 15) is 9.59 Å². The maximum absolute atomic E-state index is 11.7. The fourth-order valence-electron chi connectivity index (χ4n) is 1.85. The second kappa shape index (κ2) is 13.1. The fraction of sp³-hybridized carbons (Fsp3) is 0.867. The monoisotopic (exact) mass is 345 g/mol. The van der Waals surface area contributed by atoms with Crippen LogP contribution in [0.15, 0.2) is 0 Å². The van der Waals surface area contributed by atoms with E-state index in [1.165, 1.54) is 0 Å². The first-order chi connectivity index (χ1) is 11.3. The minimum atomic E-state index is -0.750. The zero-order valence-corrected chi connectivity index (χ0v) is 15.1. The molecule has 0 aromatic rings. The van der Waals surface area contributed by atoms with E-state index >= 15 is 0 Å². The molecule has 0 aliphatic rings. The molecule has 1 radical (unpaired) electrons. The third-order valence-electron chi connectivity index (χ3n) is 3.00. The van der Waals surface area contributed by atoms with Crippen LogP contribution in [-0.2, 0) is 9.53 Å². The molecule has 0 spiro atoms. The van der Waals surface area contributed by atoms with Crippen LogP contribution in [0.1, 0.15) is 46.5 Å². The highest BCUT2D eigenvalue weighted by Crippen LogP contribution is 2.06. The summed E-state index contributed by atoms with van der Waals surface area (Å²) in [4.78, 5) is 23.2. The number of hydrogen-bond donors (Lipinski definition) is 4. The van der Waals surface area contributed by atoms with Gasteiger partial charge in [-0.2, -0.15) is 11.4 Å². The first kappa shape index (κ1) is 22.7. The summed E-state index contributed by atoms with van der Waals surface area (Å²) in [6, 6.07) is 0. The van der Waals surface area contributed by atoms with Gasteiger partial charge in [0.05, 0.1) is 0 Å². The largest absolute Gasteiger partial charge is 0.444 e. The zero-order chi connectivity index (χ0) is 18.4. The number of alkyl carbamates (subject to hydrolysis) is 1. The molecule has 9 heteroatoms. The van der Waals surface area contributed by atoms with Gasteiger partial charge in [0.2, 0.25) is 5.91 Å². The molecule has 0 saturated carbocycles. The average Bonchev–Trinajstić information content (AvgIpc) is 2.47. The van der Waals surface area contributed by atoms with E-state index in [1.54, 1.807) is 25.8 Å². The first-order valence-corrected chi connectivity index (χ1v) is 8.39. The molecule has 0 rings (SSSR count). The molecule has 24 heavy (non-hydrogen) atoms. The Morgan fingerprint density at radius 2 is 1.79 bits per heavy atom. The first-order valence-electron chi connectivity index (χ1n) is 8.39. The Kier molecular flexibility index (Phi) is 12.4. The van der Waals surface area contributed by atoms with Gasteiger partial charge < -0.3 is 15.8 Å². The topological polar surface area (TPSA) is 133 Å². The molecule has 0 aromatic carbocycles. The van der Waals surface area contributed by atoms with Crippen LogP contribution >= 0.6 is 0 Å². The van der Waals surface area contributed by atoms with Gasteiger partial charge in [-0.3, -0.25) is 10.1 Å². The summed E-state index contributed by atoms with van der Waals surface area (Å²) in [5.74, 6) is 6.83. The summed E-state index contributed by atoms with van der Waals surface area (Å²) in [6.45, 7) is 8.64. The number of amides is 2. The zero-order valence-electron chi connectivity index (χ0n) is 15.1. The molecule has 0 atom stereocenters. The Labute approximate surface area is 144 Å². The molecule has 0 heterocycles. The summed E-state index contributed by atoms with van der Waals surface area (Å²) < 4.78 is 5.01. The minimum Gasteiger partial charge on any atom is -0.444 e. The molecule has 0 aliphatic carbocycles. The highest BCUT2D eigenvalue weighted by Gasteiger charge is 2.18. The second-order valence-corrected chi connectivity index (χ2v) is 6.50. The number of carbonyl (C=O) groups is 2. The van der Waals surface area contributed by atoms with Crippen molar-refractivity contribution in [2.24, 2.45) is 5.73 Å². The molecule has 6 N–H and O–H groups in total. The van der Waals surface area contributed by atoms with Gasteiger partial charge in [0.15, 0.2) is 0 Å². The molecular weight excluding hydrogens is 312 g/mol. The lowest BCUT2D eigenvalue weighted by Crippen LogP contribution is -2.42. The number of carbonyl (C=O) groups excluding carboxylic acids is 2. The van der Waals surface area contributed by atoms with Crippen molar-refractivity contribution in [2.75, 3.05) is 32.7 Å². The van der Waals surface area contributed by atoms with Gasteiger partial charge in [0.25, 0.3) is 0 Å². The van der Waals surface area contributed by atoms with Gasteiger partial charge in [0, 0.05) is 19.5 Å². The SMILES string of the molecule is CC(C)(C)OC(=O)NC(=O)CCN(CCCNCCCCN)N[NH]. The van der Waals surface area contributed by atoms with Gasteiger partial charge in [-0.15, -0.1) is 0 Å². The number of nitrogens with zero attached hydrogens (tertiary/aromatic N) is 1. The Balaban J connectivity index is 3.80. The number of unbranched alkanes of at least 4 members (excludes halogenated alkanes) is 1. The van der Waals surface area contributed by atoms with E-state index in [-0.39, 0.29) is 6.42 Å². The van der Waals surface area contributed by atoms with Crippen molar-refractivity contribution in [3.8, 4) is 0 Å². The van der Waals surface area contributed by atoms with E-state index in [1.807, 2.05) is 0 Å². The molecule has 0 unspecified atom stereocenters. The molecule has 0 fully saturated rings. The van der Waals surface area contributed by atoms with E-state index < -0.39 is 17.6 Å². The van der Waals surface area contributed by atoms with Crippen LogP contribution in [0.5, 0.6) is 0 Å². The van der Waals surface area contributed by atoms with Crippen LogP contribution in [0.4, 0.5) is 4.79 Å². The lowest BCUT2D eigenvalue weighted by atomic mass is 10.2. The van der Waals surface area contributed by atoms with Gasteiger partial charge in [-0.1, -0.05) is 0 Å². The quantitative estimate of drug-likeness (QED) is 0.292.